The lowest BCUT2D eigenvalue weighted by Crippen LogP contribution is -2.34. The van der Waals surface area contributed by atoms with Crippen LogP contribution in [0.5, 0.6) is 0 Å². The number of fused-ring (bicyclic) bond motifs is 1. The minimum absolute atomic E-state index is 0.212. The number of nitrogens with zero attached hydrogens (tertiary/aromatic N) is 4. The molecule has 6 nitrogen and oxygen atoms in total. The highest BCUT2D eigenvalue weighted by atomic mass is 32.2. The Morgan fingerprint density at radius 2 is 1.81 bits per heavy atom. The fourth-order valence-corrected chi connectivity index (χ4v) is 3.99. The number of hydrogen-bond acceptors (Lipinski definition) is 5. The lowest BCUT2D eigenvalue weighted by Gasteiger charge is -2.17. The Labute approximate surface area is 160 Å². The monoisotopic (exact) mass is 378 g/mol. The lowest BCUT2D eigenvalue weighted by atomic mass is 10.1. The van der Waals surface area contributed by atoms with Crippen LogP contribution in [0, 0.1) is 0 Å². The Kier molecular flexibility index (Phi) is 4.77. The largest absolute Gasteiger partial charge is 0.285 e. The highest BCUT2D eigenvalue weighted by Crippen LogP contribution is 2.23. The molecular weight excluding hydrogens is 360 g/mol. The van der Waals surface area contributed by atoms with Crippen LogP contribution < -0.4 is 5.56 Å². The van der Waals surface area contributed by atoms with Crippen molar-refractivity contribution in [3.05, 3.63) is 76.2 Å². The predicted molar refractivity (Wildman–Crippen MR) is 108 cm³/mol. The molecule has 4 rings (SSSR count). The molecule has 27 heavy (non-hydrogen) atoms. The summed E-state index contributed by atoms with van der Waals surface area (Å²) in [7, 11) is 1.56. The Bertz CT molecular complexity index is 1090. The van der Waals surface area contributed by atoms with Crippen molar-refractivity contribution in [1.29, 1.82) is 0 Å². The van der Waals surface area contributed by atoms with Gasteiger partial charge < -0.3 is 0 Å². The van der Waals surface area contributed by atoms with Crippen LogP contribution in [-0.2, 0) is 13.6 Å². The lowest BCUT2D eigenvalue weighted by molar-refractivity contribution is 0.0853. The number of hydrogen-bond donors (Lipinski definition) is 0. The number of aromatic nitrogens is 2. The number of rotatable bonds is 3. The second-order valence-corrected chi connectivity index (χ2v) is 7.27. The fourth-order valence-electron chi connectivity index (χ4n) is 3.05. The summed E-state index contributed by atoms with van der Waals surface area (Å²) in [6.07, 6.45) is 0. The summed E-state index contributed by atoms with van der Waals surface area (Å²) in [6, 6.07) is 17.0. The van der Waals surface area contributed by atoms with Crippen LogP contribution >= 0.6 is 11.8 Å². The Hall–Kier alpha value is -2.93. The highest BCUT2D eigenvalue weighted by Gasteiger charge is 2.29. The van der Waals surface area contributed by atoms with Crippen molar-refractivity contribution in [2.75, 3.05) is 12.3 Å². The molecule has 2 aromatic carbocycles. The summed E-state index contributed by atoms with van der Waals surface area (Å²) < 4.78 is 1.22. The van der Waals surface area contributed by atoms with Gasteiger partial charge in [-0.2, -0.15) is 5.10 Å². The van der Waals surface area contributed by atoms with Gasteiger partial charge in [0.25, 0.3) is 11.5 Å². The average molecular weight is 378 g/mol. The third-order valence-electron chi connectivity index (χ3n) is 4.42. The van der Waals surface area contributed by atoms with Gasteiger partial charge >= 0.3 is 0 Å². The molecule has 0 unspecified atom stereocenters. The third-order valence-corrected chi connectivity index (χ3v) is 5.42. The minimum atomic E-state index is -0.224. The summed E-state index contributed by atoms with van der Waals surface area (Å²) in [5.74, 6) is 0.571. The summed E-state index contributed by atoms with van der Waals surface area (Å²) in [5.41, 5.74) is 1.16. The van der Waals surface area contributed by atoms with Gasteiger partial charge in [0.05, 0.1) is 11.9 Å². The normalized spacial score (nSPS) is 15.6. The van der Waals surface area contributed by atoms with Crippen LogP contribution in [0.4, 0.5) is 0 Å². The third kappa shape index (κ3) is 3.38. The van der Waals surface area contributed by atoms with E-state index in [1.165, 1.54) is 4.68 Å². The SMILES string of the molecule is Cn1nc(C(=O)N2CCSC2=NCc2ccccc2)c2ccccc2c1=O. The molecule has 3 aromatic rings. The number of aryl methyl sites for hydroxylation is 1. The Morgan fingerprint density at radius 1 is 1.11 bits per heavy atom. The smallest absolute Gasteiger partial charge is 0.280 e. The number of carbonyl (C=O) groups excluding carboxylic acids is 1. The molecule has 0 atom stereocenters. The van der Waals surface area contributed by atoms with E-state index in [9.17, 15) is 9.59 Å². The Balaban J connectivity index is 1.69. The minimum Gasteiger partial charge on any atom is -0.285 e. The van der Waals surface area contributed by atoms with Crippen molar-refractivity contribution in [2.24, 2.45) is 12.0 Å². The second-order valence-electron chi connectivity index (χ2n) is 6.21. The molecular formula is C20H18N4O2S. The molecule has 2 heterocycles. The van der Waals surface area contributed by atoms with Crippen LogP contribution in [-0.4, -0.2) is 38.1 Å². The van der Waals surface area contributed by atoms with Gasteiger partial charge in [0.1, 0.15) is 0 Å². The topological polar surface area (TPSA) is 67.6 Å². The maximum Gasteiger partial charge on any atom is 0.280 e. The summed E-state index contributed by atoms with van der Waals surface area (Å²) in [6.45, 7) is 1.10. The first-order valence-electron chi connectivity index (χ1n) is 8.64. The molecule has 7 heteroatoms. The molecule has 1 aromatic heterocycles. The van der Waals surface area contributed by atoms with E-state index in [2.05, 4.69) is 10.1 Å². The maximum atomic E-state index is 13.2. The average Bonchev–Trinajstić information content (AvgIpc) is 3.18. The molecule has 0 bridgehead atoms. The predicted octanol–water partition coefficient (Wildman–Crippen LogP) is 2.68. The first kappa shape index (κ1) is 17.5. The molecule has 1 aliphatic rings. The molecule has 136 valence electrons. The molecule has 0 radical (unpaired) electrons. The molecule has 1 aliphatic heterocycles. The number of benzene rings is 2. The first-order valence-corrected chi connectivity index (χ1v) is 9.63. The van der Waals surface area contributed by atoms with Gasteiger partial charge in [0.15, 0.2) is 10.9 Å². The van der Waals surface area contributed by atoms with E-state index in [4.69, 9.17) is 0 Å². The zero-order valence-electron chi connectivity index (χ0n) is 14.8. The highest BCUT2D eigenvalue weighted by molar-refractivity contribution is 8.14. The summed E-state index contributed by atoms with van der Waals surface area (Å²) in [4.78, 5) is 31.8. The zero-order valence-corrected chi connectivity index (χ0v) is 15.6. The van der Waals surface area contributed by atoms with Gasteiger partial charge in [-0.1, -0.05) is 60.3 Å². The van der Waals surface area contributed by atoms with E-state index in [-0.39, 0.29) is 17.2 Å². The standard InChI is InChI=1S/C20H18N4O2S/c1-23-18(25)16-10-6-5-9-15(16)17(22-23)19(26)24-11-12-27-20(24)21-13-14-7-3-2-4-8-14/h2-10H,11-13H2,1H3. The van der Waals surface area contributed by atoms with Gasteiger partial charge in [-0.3, -0.25) is 19.5 Å². The van der Waals surface area contributed by atoms with E-state index in [1.54, 1.807) is 41.9 Å². The molecule has 1 fully saturated rings. The van der Waals surface area contributed by atoms with Gasteiger partial charge in [0.2, 0.25) is 0 Å². The van der Waals surface area contributed by atoms with E-state index in [0.29, 0.717) is 29.0 Å². The molecule has 0 aliphatic carbocycles. The van der Waals surface area contributed by atoms with Gasteiger partial charge in [0, 0.05) is 24.7 Å². The van der Waals surface area contributed by atoms with E-state index in [0.717, 1.165) is 11.3 Å². The van der Waals surface area contributed by atoms with Gasteiger partial charge in [-0.15, -0.1) is 0 Å². The number of aliphatic imine (C=N–C) groups is 1. The fraction of sp³-hybridized carbons (Fsp3) is 0.200. The van der Waals surface area contributed by atoms with Gasteiger partial charge in [-0.25, -0.2) is 4.68 Å². The molecule has 0 saturated carbocycles. The number of amides is 1. The number of thioether (sulfide) groups is 1. The van der Waals surface area contributed by atoms with E-state index >= 15 is 0 Å². The van der Waals surface area contributed by atoms with Crippen LogP contribution in [0.15, 0.2) is 64.4 Å². The van der Waals surface area contributed by atoms with Crippen LogP contribution in [0.2, 0.25) is 0 Å². The summed E-state index contributed by atoms with van der Waals surface area (Å²) in [5, 5.41) is 6.01. The zero-order chi connectivity index (χ0) is 18.8. The van der Waals surface area contributed by atoms with Crippen molar-refractivity contribution in [3.8, 4) is 0 Å². The first-order chi connectivity index (χ1) is 13.1. The molecule has 0 N–H and O–H groups in total. The Morgan fingerprint density at radius 3 is 2.59 bits per heavy atom. The maximum absolute atomic E-state index is 13.2. The van der Waals surface area contributed by atoms with Gasteiger partial charge in [-0.05, 0) is 11.6 Å². The van der Waals surface area contributed by atoms with Crippen LogP contribution in [0.3, 0.4) is 0 Å². The van der Waals surface area contributed by atoms with Crippen molar-refractivity contribution in [3.63, 3.8) is 0 Å². The van der Waals surface area contributed by atoms with Crippen molar-refractivity contribution in [1.82, 2.24) is 14.7 Å². The quantitative estimate of drug-likeness (QED) is 0.703. The molecule has 1 amide bonds. The number of amidine groups is 1. The van der Waals surface area contributed by atoms with Crippen LogP contribution in [0.25, 0.3) is 10.8 Å². The molecule has 0 spiro atoms. The van der Waals surface area contributed by atoms with Crippen LogP contribution in [0.1, 0.15) is 16.1 Å². The van der Waals surface area contributed by atoms with Crippen molar-refractivity contribution in [2.45, 2.75) is 6.54 Å². The van der Waals surface area contributed by atoms with E-state index < -0.39 is 0 Å². The second kappa shape index (κ2) is 7.36. The van der Waals surface area contributed by atoms with Crippen molar-refractivity contribution >= 4 is 33.6 Å². The molecule has 1 saturated heterocycles. The van der Waals surface area contributed by atoms with Crippen molar-refractivity contribution < 1.29 is 4.79 Å². The summed E-state index contributed by atoms with van der Waals surface area (Å²) >= 11 is 1.56. The van der Waals surface area contributed by atoms with E-state index in [1.807, 2.05) is 36.4 Å². The number of carbonyl (C=O) groups is 1.